The van der Waals surface area contributed by atoms with E-state index in [9.17, 15) is 4.57 Å². The van der Waals surface area contributed by atoms with E-state index in [1.54, 1.807) is 10.8 Å². The monoisotopic (exact) mass is 270 g/mol. The van der Waals surface area contributed by atoms with Crippen LogP contribution in [0, 0.1) is 0 Å². The van der Waals surface area contributed by atoms with Crippen LogP contribution in [0.15, 0.2) is 4.99 Å². The second-order valence-corrected chi connectivity index (χ2v) is 9.09. The summed E-state index contributed by atoms with van der Waals surface area (Å²) in [4.78, 5) is 4.04. The van der Waals surface area contributed by atoms with E-state index in [0.717, 1.165) is 25.1 Å². The highest BCUT2D eigenvalue weighted by molar-refractivity contribution is 8.99. The first-order valence-electron chi connectivity index (χ1n) is 4.91. The summed E-state index contributed by atoms with van der Waals surface area (Å²) in [6, 6.07) is 0. The van der Waals surface area contributed by atoms with E-state index in [-0.39, 0.29) is 0 Å². The Hall–Kier alpha value is 0.360. The zero-order chi connectivity index (χ0) is 11.6. The smallest absolute Gasteiger partial charge is 0.309 e. The molecule has 0 spiro atoms. The molecule has 1 unspecified atom stereocenters. The lowest BCUT2D eigenvalue weighted by atomic mass is 10.5. The van der Waals surface area contributed by atoms with Crippen LogP contribution in [-0.2, 0) is 9.09 Å². The molecule has 0 saturated carbocycles. The molecular weight excluding hydrogens is 251 g/mol. The summed E-state index contributed by atoms with van der Waals surface area (Å²) in [6.07, 6.45) is 3.52. The highest BCUT2D eigenvalue weighted by Gasteiger charge is 2.20. The van der Waals surface area contributed by atoms with Crippen LogP contribution in [0.2, 0.25) is 0 Å². The van der Waals surface area contributed by atoms with Crippen molar-refractivity contribution in [3.05, 3.63) is 0 Å². The number of rotatable bonds is 9. The quantitative estimate of drug-likeness (QED) is 0.228. The van der Waals surface area contributed by atoms with Crippen LogP contribution in [0.4, 0.5) is 0 Å². The van der Waals surface area contributed by atoms with E-state index < -0.39 is 6.72 Å². The molecule has 0 bridgehead atoms. The number of nitrogens with one attached hydrogen (secondary N) is 1. The molecular formula is C8H19N2O2PS2. The Morgan fingerprint density at radius 3 is 2.73 bits per heavy atom. The first-order valence-corrected chi connectivity index (χ1v) is 9.46. The molecule has 0 aliphatic rings. The van der Waals surface area contributed by atoms with Gasteiger partial charge in [-0.25, -0.2) is 0 Å². The molecule has 0 amide bonds. The van der Waals surface area contributed by atoms with Gasteiger partial charge in [-0.3, -0.25) is 14.6 Å². The lowest BCUT2D eigenvalue weighted by molar-refractivity contribution is 0.406. The van der Waals surface area contributed by atoms with Crippen molar-refractivity contribution >= 4 is 34.3 Å². The third kappa shape index (κ3) is 8.20. The minimum atomic E-state index is -2.79. The maximum Gasteiger partial charge on any atom is 0.361 e. The molecule has 0 aromatic heterocycles. The summed E-state index contributed by atoms with van der Waals surface area (Å²) < 4.78 is 16.9. The van der Waals surface area contributed by atoms with Crippen LogP contribution in [-0.4, -0.2) is 25.7 Å². The van der Waals surface area contributed by atoms with Gasteiger partial charge < -0.3 is 4.52 Å². The predicted molar refractivity (Wildman–Crippen MR) is 71.7 cm³/mol. The molecule has 0 aliphatic carbocycles. The number of hydrogen-bond donors (Lipinski definition) is 1. The molecule has 15 heavy (non-hydrogen) atoms. The third-order valence-corrected chi connectivity index (χ3v) is 8.01. The highest BCUT2D eigenvalue weighted by Crippen LogP contribution is 2.60. The highest BCUT2D eigenvalue weighted by atomic mass is 33.3. The Labute approximate surface area is 99.7 Å². The van der Waals surface area contributed by atoms with Crippen LogP contribution in [0.5, 0.6) is 0 Å². The zero-order valence-electron chi connectivity index (χ0n) is 9.43. The second-order valence-electron chi connectivity index (χ2n) is 2.74. The van der Waals surface area contributed by atoms with Crippen molar-refractivity contribution in [2.75, 3.05) is 19.4 Å². The molecule has 4 nitrogen and oxygen atoms in total. The molecule has 0 rings (SSSR count). The van der Waals surface area contributed by atoms with Gasteiger partial charge in [-0.05, 0) is 12.8 Å². The minimum Gasteiger partial charge on any atom is -0.309 e. The maximum atomic E-state index is 11.9. The van der Waals surface area contributed by atoms with Crippen molar-refractivity contribution in [2.24, 2.45) is 4.99 Å². The summed E-state index contributed by atoms with van der Waals surface area (Å²) in [5, 5.41) is 2.72. The number of aliphatic imine (C=N–C) groups is 1. The van der Waals surface area contributed by atoms with Gasteiger partial charge >= 0.3 is 6.72 Å². The molecule has 0 heterocycles. The van der Waals surface area contributed by atoms with Crippen LogP contribution in [0.3, 0.4) is 0 Å². The Morgan fingerprint density at radius 1 is 1.47 bits per heavy atom. The normalized spacial score (nSPS) is 15.4. The van der Waals surface area contributed by atoms with Crippen LogP contribution in [0.1, 0.15) is 26.7 Å². The van der Waals surface area contributed by atoms with Gasteiger partial charge in [-0.1, -0.05) is 24.6 Å². The Morgan fingerprint density at radius 2 is 2.20 bits per heavy atom. The summed E-state index contributed by atoms with van der Waals surface area (Å²) in [5.74, 6) is 0.964. The molecule has 1 atom stereocenters. The van der Waals surface area contributed by atoms with Crippen molar-refractivity contribution in [1.82, 2.24) is 5.09 Å². The van der Waals surface area contributed by atoms with Gasteiger partial charge in [-0.2, -0.15) is 0 Å². The molecule has 7 heteroatoms. The molecule has 0 aliphatic heterocycles. The summed E-state index contributed by atoms with van der Waals surface area (Å²) in [5.41, 5.74) is 0. The predicted octanol–water partition coefficient (Wildman–Crippen LogP) is 3.56. The second kappa shape index (κ2) is 9.58. The summed E-state index contributed by atoms with van der Waals surface area (Å²) in [6.45, 7) is 2.08. The molecule has 0 aromatic rings. The van der Waals surface area contributed by atoms with E-state index in [0.29, 0.717) is 0 Å². The van der Waals surface area contributed by atoms with Crippen molar-refractivity contribution in [2.45, 2.75) is 26.7 Å². The molecule has 0 saturated heterocycles. The SMILES string of the molecule is CCCN=CNP(=O)(OC)SSCCC. The fourth-order valence-corrected chi connectivity index (χ4v) is 5.86. The van der Waals surface area contributed by atoms with Gasteiger partial charge in [0.25, 0.3) is 0 Å². The number of hydrogen-bond acceptors (Lipinski definition) is 5. The average Bonchev–Trinajstić information content (AvgIpc) is 2.25. The van der Waals surface area contributed by atoms with Gasteiger partial charge in [0.2, 0.25) is 0 Å². The molecule has 0 fully saturated rings. The largest absolute Gasteiger partial charge is 0.361 e. The Kier molecular flexibility index (Phi) is 9.81. The average molecular weight is 270 g/mol. The summed E-state index contributed by atoms with van der Waals surface area (Å²) in [7, 11) is 4.25. The fourth-order valence-electron chi connectivity index (χ4n) is 0.600. The van der Waals surface area contributed by atoms with Crippen LogP contribution >= 0.6 is 27.9 Å². The van der Waals surface area contributed by atoms with Gasteiger partial charge in [-0.15, -0.1) is 0 Å². The van der Waals surface area contributed by atoms with Crippen molar-refractivity contribution in [3.63, 3.8) is 0 Å². The third-order valence-electron chi connectivity index (χ3n) is 1.34. The number of nitrogens with zero attached hydrogens (tertiary/aromatic N) is 1. The van der Waals surface area contributed by atoms with Gasteiger partial charge in [0.1, 0.15) is 0 Å². The van der Waals surface area contributed by atoms with Crippen LogP contribution < -0.4 is 5.09 Å². The lowest BCUT2D eigenvalue weighted by Crippen LogP contribution is -2.06. The first-order chi connectivity index (χ1) is 7.18. The topological polar surface area (TPSA) is 50.7 Å². The van der Waals surface area contributed by atoms with Gasteiger partial charge in [0.05, 0.1) is 6.34 Å². The maximum absolute atomic E-state index is 11.9. The Bertz CT molecular complexity index is 227. The standard InChI is InChI=1S/C8H19N2O2PS2/c1-4-6-9-8-10-13(11,12-3)15-14-7-5-2/h8H,4-7H2,1-3H3,(H,9,10,11). The van der Waals surface area contributed by atoms with E-state index in [1.807, 2.05) is 6.92 Å². The van der Waals surface area contributed by atoms with E-state index in [1.165, 1.54) is 23.9 Å². The van der Waals surface area contributed by atoms with E-state index >= 15 is 0 Å². The van der Waals surface area contributed by atoms with E-state index in [4.69, 9.17) is 4.52 Å². The van der Waals surface area contributed by atoms with Crippen molar-refractivity contribution in [1.29, 1.82) is 0 Å². The van der Waals surface area contributed by atoms with Crippen molar-refractivity contribution < 1.29 is 9.09 Å². The van der Waals surface area contributed by atoms with Crippen LogP contribution in [0.25, 0.3) is 0 Å². The molecule has 0 aromatic carbocycles. The molecule has 1 N–H and O–H groups in total. The van der Waals surface area contributed by atoms with Gasteiger partial charge in [0, 0.05) is 29.8 Å². The van der Waals surface area contributed by atoms with Gasteiger partial charge in [0.15, 0.2) is 0 Å². The lowest BCUT2D eigenvalue weighted by Gasteiger charge is -2.13. The molecule has 0 radical (unpaired) electrons. The van der Waals surface area contributed by atoms with E-state index in [2.05, 4.69) is 17.0 Å². The summed E-state index contributed by atoms with van der Waals surface area (Å²) >= 11 is 0. The zero-order valence-corrected chi connectivity index (χ0v) is 12.0. The minimum absolute atomic E-state index is 0.740. The Balaban J connectivity index is 3.90. The fraction of sp³-hybridized carbons (Fsp3) is 0.875. The van der Waals surface area contributed by atoms with Crippen molar-refractivity contribution in [3.8, 4) is 0 Å². The first kappa shape index (κ1) is 15.4. The molecule has 90 valence electrons.